The van der Waals surface area contributed by atoms with Crippen LogP contribution in [0.15, 0.2) is 82.8 Å². The number of aryl methyl sites for hydroxylation is 1. The molecular weight excluding hydrogens is 474 g/mol. The van der Waals surface area contributed by atoms with Crippen LogP contribution in [-0.4, -0.2) is 33.7 Å². The molecule has 0 spiro atoms. The first kappa shape index (κ1) is 25.3. The number of hydrazone groups is 1. The van der Waals surface area contributed by atoms with E-state index < -0.39 is 22.5 Å². The lowest BCUT2D eigenvalue weighted by molar-refractivity contribution is -0.119. The molecule has 0 aromatic heterocycles. The Morgan fingerprint density at radius 1 is 1.09 bits per heavy atom. The predicted octanol–water partition coefficient (Wildman–Crippen LogP) is 4.78. The number of benzene rings is 3. The minimum atomic E-state index is -4.02. The van der Waals surface area contributed by atoms with Crippen molar-refractivity contribution < 1.29 is 17.9 Å². The Labute approximate surface area is 205 Å². The third-order valence-corrected chi connectivity index (χ3v) is 7.01. The lowest BCUT2D eigenvalue weighted by Gasteiger charge is -2.24. The smallest absolute Gasteiger partial charge is 0.264 e. The van der Waals surface area contributed by atoms with Gasteiger partial charge >= 0.3 is 0 Å². The summed E-state index contributed by atoms with van der Waals surface area (Å²) in [6.45, 7) is 4.01. The summed E-state index contributed by atoms with van der Waals surface area (Å²) in [5.74, 6) is 0.150. The highest BCUT2D eigenvalue weighted by Crippen LogP contribution is 2.27. The summed E-state index contributed by atoms with van der Waals surface area (Å²) in [5, 5.41) is 4.35. The standard InChI is InChI=1S/C25H26ClN3O4S/c1-3-15-33-22-13-10-20(11-14-22)17-27-28-25(30)18-29(21-12-9-19(2)24(26)16-21)34(31,32)23-7-5-4-6-8-23/h4-14,16-17H,3,15,18H2,1-2H3,(H,28,30)/b27-17+. The van der Waals surface area contributed by atoms with Gasteiger partial charge in [-0.15, -0.1) is 0 Å². The Morgan fingerprint density at radius 2 is 1.79 bits per heavy atom. The fourth-order valence-corrected chi connectivity index (χ4v) is 4.59. The van der Waals surface area contributed by atoms with Crippen LogP contribution in [0.1, 0.15) is 24.5 Å². The van der Waals surface area contributed by atoms with Crippen LogP contribution in [0, 0.1) is 6.92 Å². The molecule has 178 valence electrons. The van der Waals surface area contributed by atoms with Crippen LogP contribution >= 0.6 is 11.6 Å². The zero-order valence-corrected chi connectivity index (χ0v) is 20.5. The average Bonchev–Trinajstić information content (AvgIpc) is 2.84. The van der Waals surface area contributed by atoms with Crippen LogP contribution in [0.2, 0.25) is 5.02 Å². The molecule has 0 aliphatic carbocycles. The second-order valence-electron chi connectivity index (χ2n) is 7.47. The van der Waals surface area contributed by atoms with Crippen molar-refractivity contribution in [3.63, 3.8) is 0 Å². The SMILES string of the molecule is CCCOc1ccc(/C=N/NC(=O)CN(c2ccc(C)c(Cl)c2)S(=O)(=O)c2ccccc2)cc1. The molecule has 0 atom stereocenters. The molecule has 0 aliphatic rings. The highest BCUT2D eigenvalue weighted by atomic mass is 35.5. The van der Waals surface area contributed by atoms with Crippen LogP contribution in [-0.2, 0) is 14.8 Å². The summed E-state index contributed by atoms with van der Waals surface area (Å²) in [5.41, 5.74) is 4.22. The van der Waals surface area contributed by atoms with Gasteiger partial charge in [0.25, 0.3) is 15.9 Å². The predicted molar refractivity (Wildman–Crippen MR) is 135 cm³/mol. The first-order valence-electron chi connectivity index (χ1n) is 10.7. The van der Waals surface area contributed by atoms with Crippen LogP contribution in [0.3, 0.4) is 0 Å². The second kappa shape index (κ2) is 11.7. The number of amides is 1. The Kier molecular flexibility index (Phi) is 8.67. The topological polar surface area (TPSA) is 88.1 Å². The van der Waals surface area contributed by atoms with E-state index in [0.29, 0.717) is 11.6 Å². The number of carbonyl (C=O) groups is 1. The molecule has 7 nitrogen and oxygen atoms in total. The van der Waals surface area contributed by atoms with E-state index in [2.05, 4.69) is 10.5 Å². The summed E-state index contributed by atoms with van der Waals surface area (Å²) in [6.07, 6.45) is 2.39. The molecule has 0 heterocycles. The number of carbonyl (C=O) groups excluding carboxylic acids is 1. The molecule has 0 saturated heterocycles. The zero-order valence-electron chi connectivity index (χ0n) is 18.9. The van der Waals surface area contributed by atoms with E-state index in [1.54, 1.807) is 42.5 Å². The Morgan fingerprint density at radius 3 is 2.44 bits per heavy atom. The summed E-state index contributed by atoms with van der Waals surface area (Å²) < 4.78 is 33.2. The quantitative estimate of drug-likeness (QED) is 0.321. The maximum atomic E-state index is 13.3. The van der Waals surface area contributed by atoms with Crippen LogP contribution in [0.25, 0.3) is 0 Å². The number of hydrogen-bond donors (Lipinski definition) is 1. The van der Waals surface area contributed by atoms with Gasteiger partial charge in [0, 0.05) is 5.02 Å². The molecule has 0 bridgehead atoms. The van der Waals surface area contributed by atoms with Gasteiger partial charge in [0.2, 0.25) is 0 Å². The Bertz CT molecular complexity index is 1250. The highest BCUT2D eigenvalue weighted by molar-refractivity contribution is 7.92. The van der Waals surface area contributed by atoms with Gasteiger partial charge in [0.05, 0.1) is 23.4 Å². The third kappa shape index (κ3) is 6.59. The summed E-state index contributed by atoms with van der Waals surface area (Å²) >= 11 is 6.23. The van der Waals surface area contributed by atoms with E-state index in [-0.39, 0.29) is 10.6 Å². The molecule has 3 aromatic carbocycles. The van der Waals surface area contributed by atoms with Crippen molar-refractivity contribution >= 4 is 39.4 Å². The summed E-state index contributed by atoms with van der Waals surface area (Å²) in [7, 11) is -4.02. The van der Waals surface area contributed by atoms with Crippen LogP contribution in [0.4, 0.5) is 5.69 Å². The number of nitrogens with one attached hydrogen (secondary N) is 1. The number of anilines is 1. The molecule has 3 aromatic rings. The van der Waals surface area contributed by atoms with Gasteiger partial charge in [0.1, 0.15) is 12.3 Å². The maximum absolute atomic E-state index is 13.3. The molecule has 34 heavy (non-hydrogen) atoms. The molecule has 0 fully saturated rings. The lowest BCUT2D eigenvalue weighted by atomic mass is 10.2. The van der Waals surface area contributed by atoms with E-state index in [1.807, 2.05) is 26.0 Å². The van der Waals surface area contributed by atoms with Crippen molar-refractivity contribution in [3.05, 3.63) is 88.9 Å². The monoisotopic (exact) mass is 499 g/mol. The number of rotatable bonds is 10. The van der Waals surface area contributed by atoms with E-state index in [4.69, 9.17) is 16.3 Å². The average molecular weight is 500 g/mol. The van der Waals surface area contributed by atoms with Gasteiger partial charge < -0.3 is 4.74 Å². The van der Waals surface area contributed by atoms with Crippen molar-refractivity contribution in [2.45, 2.75) is 25.2 Å². The minimum Gasteiger partial charge on any atom is -0.494 e. The second-order valence-corrected chi connectivity index (χ2v) is 9.74. The van der Waals surface area contributed by atoms with E-state index in [9.17, 15) is 13.2 Å². The maximum Gasteiger partial charge on any atom is 0.264 e. The molecule has 0 unspecified atom stereocenters. The van der Waals surface area contributed by atoms with Crippen LogP contribution in [0.5, 0.6) is 5.75 Å². The van der Waals surface area contributed by atoms with E-state index >= 15 is 0 Å². The van der Waals surface area contributed by atoms with Gasteiger partial charge in [-0.2, -0.15) is 5.10 Å². The molecule has 9 heteroatoms. The largest absolute Gasteiger partial charge is 0.494 e. The fourth-order valence-electron chi connectivity index (χ4n) is 2.99. The van der Waals surface area contributed by atoms with Crippen molar-refractivity contribution in [3.8, 4) is 5.75 Å². The van der Waals surface area contributed by atoms with E-state index in [1.165, 1.54) is 24.4 Å². The third-order valence-electron chi connectivity index (χ3n) is 4.82. The van der Waals surface area contributed by atoms with Crippen molar-refractivity contribution in [2.75, 3.05) is 17.5 Å². The fraction of sp³-hybridized carbons (Fsp3) is 0.200. The molecule has 0 saturated carbocycles. The first-order valence-corrected chi connectivity index (χ1v) is 12.5. The zero-order chi connectivity index (χ0) is 24.6. The van der Waals surface area contributed by atoms with E-state index in [0.717, 1.165) is 27.6 Å². The normalized spacial score (nSPS) is 11.4. The number of sulfonamides is 1. The molecule has 3 rings (SSSR count). The molecule has 1 amide bonds. The Hall–Kier alpha value is -3.36. The van der Waals surface area contributed by atoms with Crippen molar-refractivity contribution in [2.24, 2.45) is 5.10 Å². The van der Waals surface area contributed by atoms with Gasteiger partial charge in [-0.1, -0.05) is 42.8 Å². The lowest BCUT2D eigenvalue weighted by Crippen LogP contribution is -2.39. The number of nitrogens with zero attached hydrogens (tertiary/aromatic N) is 2. The van der Waals surface area contributed by atoms with Crippen LogP contribution < -0.4 is 14.5 Å². The highest BCUT2D eigenvalue weighted by Gasteiger charge is 2.27. The first-order chi connectivity index (χ1) is 16.3. The molecular formula is C25H26ClN3O4S. The number of ether oxygens (including phenoxy) is 1. The molecule has 0 radical (unpaired) electrons. The van der Waals surface area contributed by atoms with Gasteiger partial charge in [-0.05, 0) is 73.0 Å². The summed E-state index contributed by atoms with van der Waals surface area (Å²) in [6, 6.07) is 20.0. The van der Waals surface area contributed by atoms with Crippen molar-refractivity contribution in [1.29, 1.82) is 0 Å². The Balaban J connectivity index is 1.76. The number of halogens is 1. The molecule has 1 N–H and O–H groups in total. The molecule has 0 aliphatic heterocycles. The van der Waals surface area contributed by atoms with Gasteiger partial charge in [-0.3, -0.25) is 9.10 Å². The van der Waals surface area contributed by atoms with Crippen molar-refractivity contribution in [1.82, 2.24) is 5.43 Å². The minimum absolute atomic E-state index is 0.0633. The van der Waals surface area contributed by atoms with Gasteiger partial charge in [-0.25, -0.2) is 13.8 Å². The number of hydrogen-bond acceptors (Lipinski definition) is 5. The summed E-state index contributed by atoms with van der Waals surface area (Å²) in [4.78, 5) is 12.7. The van der Waals surface area contributed by atoms with Gasteiger partial charge in [0.15, 0.2) is 0 Å².